The summed E-state index contributed by atoms with van der Waals surface area (Å²) in [7, 11) is 5.61. The van der Waals surface area contributed by atoms with E-state index in [9.17, 15) is 4.79 Å². The number of likely N-dealkylation sites (N-methyl/N-ethyl adjacent to an activating group) is 1. The van der Waals surface area contributed by atoms with Crippen LogP contribution in [0.3, 0.4) is 0 Å². The molecule has 1 fully saturated rings. The second-order valence-electron chi connectivity index (χ2n) is 5.60. The van der Waals surface area contributed by atoms with Gasteiger partial charge in [0.1, 0.15) is 5.69 Å². The van der Waals surface area contributed by atoms with Crippen LogP contribution in [0.15, 0.2) is 6.20 Å². The summed E-state index contributed by atoms with van der Waals surface area (Å²) in [4.78, 5) is 15.0. The Balaban J connectivity index is 2.28. The van der Waals surface area contributed by atoms with Crippen molar-refractivity contribution in [3.63, 3.8) is 0 Å². The van der Waals surface area contributed by atoms with E-state index in [-0.39, 0.29) is 10.5 Å². The van der Waals surface area contributed by atoms with Gasteiger partial charge in [0.05, 0.1) is 24.6 Å². The van der Waals surface area contributed by atoms with Gasteiger partial charge in [-0.3, -0.25) is 9.48 Å². The number of thioether (sulfide) groups is 1. The zero-order valence-corrected chi connectivity index (χ0v) is 13.5. The lowest BCUT2D eigenvalue weighted by Gasteiger charge is -2.22. The number of ketones is 1. The number of rotatable bonds is 6. The Bertz CT molecular complexity index is 479. The molecule has 1 atom stereocenters. The monoisotopic (exact) mass is 297 g/mol. The van der Waals surface area contributed by atoms with Crippen molar-refractivity contribution in [2.45, 2.75) is 31.1 Å². The fraction of sp³-hybridized carbons (Fsp3) is 0.714. The molecule has 0 amide bonds. The average molecular weight is 297 g/mol. The number of Topliss-reactive ketones (excluding diaryl/α,β-unsaturated/α-hetero) is 1. The van der Waals surface area contributed by atoms with Crippen LogP contribution in [-0.2, 0) is 6.54 Å². The van der Waals surface area contributed by atoms with E-state index in [4.69, 9.17) is 4.74 Å². The molecule has 5 nitrogen and oxygen atoms in total. The predicted octanol–water partition coefficient (Wildman–Crippen LogP) is 1.92. The number of aromatic nitrogens is 2. The number of carbonyl (C=O) groups is 1. The highest BCUT2D eigenvalue weighted by Gasteiger charge is 2.40. The van der Waals surface area contributed by atoms with Crippen molar-refractivity contribution in [2.75, 3.05) is 33.5 Å². The number of carbonyl (C=O) groups excluding carboxylic acids is 1. The lowest BCUT2D eigenvalue weighted by atomic mass is 9.97. The molecule has 1 unspecified atom stereocenters. The highest BCUT2D eigenvalue weighted by atomic mass is 32.2. The second kappa shape index (κ2) is 6.18. The Kier molecular flexibility index (Phi) is 4.75. The minimum Gasteiger partial charge on any atom is -0.493 e. The fourth-order valence-corrected chi connectivity index (χ4v) is 3.68. The summed E-state index contributed by atoms with van der Waals surface area (Å²) in [6, 6.07) is 0. The molecule has 1 aromatic rings. The van der Waals surface area contributed by atoms with Crippen molar-refractivity contribution >= 4 is 17.5 Å². The van der Waals surface area contributed by atoms with Crippen molar-refractivity contribution in [2.24, 2.45) is 0 Å². The number of nitrogens with zero attached hydrogens (tertiary/aromatic N) is 3. The van der Waals surface area contributed by atoms with Crippen molar-refractivity contribution in [1.82, 2.24) is 14.7 Å². The molecule has 0 N–H and O–H groups in total. The second-order valence-corrected chi connectivity index (χ2v) is 7.20. The molecule has 2 heterocycles. The van der Waals surface area contributed by atoms with Gasteiger partial charge in [0.15, 0.2) is 11.5 Å². The maximum atomic E-state index is 12.9. The normalized spacial score (nSPS) is 22.4. The molecular weight excluding hydrogens is 274 g/mol. The van der Waals surface area contributed by atoms with Gasteiger partial charge in [0.25, 0.3) is 0 Å². The Morgan fingerprint density at radius 2 is 2.35 bits per heavy atom. The number of methoxy groups -OCH3 is 1. The van der Waals surface area contributed by atoms with E-state index in [2.05, 4.69) is 10.00 Å². The number of ether oxygens (including phenoxy) is 1. The van der Waals surface area contributed by atoms with Gasteiger partial charge >= 0.3 is 0 Å². The van der Waals surface area contributed by atoms with E-state index in [1.807, 2.05) is 21.0 Å². The first kappa shape index (κ1) is 15.4. The molecule has 0 saturated carbocycles. The molecule has 2 rings (SSSR count). The summed E-state index contributed by atoms with van der Waals surface area (Å²) in [6.45, 7) is 3.57. The maximum Gasteiger partial charge on any atom is 0.200 e. The summed E-state index contributed by atoms with van der Waals surface area (Å²) in [5.41, 5.74) is 0.617. The highest BCUT2D eigenvalue weighted by Crippen LogP contribution is 2.41. The van der Waals surface area contributed by atoms with E-state index in [1.54, 1.807) is 29.8 Å². The largest absolute Gasteiger partial charge is 0.493 e. The lowest BCUT2D eigenvalue weighted by Crippen LogP contribution is -2.32. The smallest absolute Gasteiger partial charge is 0.200 e. The molecule has 112 valence electrons. The van der Waals surface area contributed by atoms with Crippen molar-refractivity contribution in [1.29, 1.82) is 0 Å². The molecule has 0 aliphatic carbocycles. The molecule has 1 saturated heterocycles. The molecule has 6 heteroatoms. The van der Waals surface area contributed by atoms with E-state index in [0.717, 1.165) is 25.1 Å². The van der Waals surface area contributed by atoms with Crippen LogP contribution in [0.4, 0.5) is 0 Å². The maximum absolute atomic E-state index is 12.9. The molecule has 20 heavy (non-hydrogen) atoms. The zero-order chi connectivity index (χ0) is 14.8. The molecule has 1 aromatic heterocycles. The van der Waals surface area contributed by atoms with Crippen molar-refractivity contribution in [3.8, 4) is 5.75 Å². The van der Waals surface area contributed by atoms with Crippen molar-refractivity contribution in [3.05, 3.63) is 11.9 Å². The Morgan fingerprint density at radius 3 is 2.90 bits per heavy atom. The summed E-state index contributed by atoms with van der Waals surface area (Å²) < 4.78 is 6.78. The Labute approximate surface area is 124 Å². The Morgan fingerprint density at radius 1 is 1.60 bits per heavy atom. The standard InChI is InChI=1S/C14H23N3O2S/c1-14(6-5-9-20-14)13(18)12-11(19-4)10-15-17(12)8-7-16(2)3/h10H,5-9H2,1-4H3. The molecule has 0 radical (unpaired) electrons. The number of hydrogen-bond donors (Lipinski definition) is 0. The minimum absolute atomic E-state index is 0.146. The first-order valence-electron chi connectivity index (χ1n) is 6.91. The third-order valence-corrected chi connectivity index (χ3v) is 5.22. The van der Waals surface area contributed by atoms with Crippen LogP contribution in [0.25, 0.3) is 0 Å². The lowest BCUT2D eigenvalue weighted by molar-refractivity contribution is 0.0934. The van der Waals surface area contributed by atoms with Gasteiger partial charge in [-0.1, -0.05) is 0 Å². The van der Waals surface area contributed by atoms with E-state index in [1.165, 1.54) is 0 Å². The van der Waals surface area contributed by atoms with Gasteiger partial charge in [0, 0.05) is 6.54 Å². The number of hydrogen-bond acceptors (Lipinski definition) is 5. The van der Waals surface area contributed by atoms with Gasteiger partial charge in [-0.05, 0) is 39.6 Å². The molecule has 0 aromatic carbocycles. The van der Waals surface area contributed by atoms with Gasteiger partial charge in [-0.2, -0.15) is 5.10 Å². The topological polar surface area (TPSA) is 47.4 Å². The first-order chi connectivity index (χ1) is 9.48. The predicted molar refractivity (Wildman–Crippen MR) is 81.8 cm³/mol. The van der Waals surface area contributed by atoms with Crippen LogP contribution in [0, 0.1) is 0 Å². The zero-order valence-electron chi connectivity index (χ0n) is 12.7. The highest BCUT2D eigenvalue weighted by molar-refractivity contribution is 8.01. The van der Waals surface area contributed by atoms with Gasteiger partial charge < -0.3 is 9.64 Å². The fourth-order valence-electron chi connectivity index (χ4n) is 2.42. The summed E-state index contributed by atoms with van der Waals surface area (Å²) in [6.07, 6.45) is 3.67. The van der Waals surface area contributed by atoms with Crippen molar-refractivity contribution < 1.29 is 9.53 Å². The van der Waals surface area contributed by atoms with Crippen LogP contribution in [0.5, 0.6) is 5.75 Å². The van der Waals surface area contributed by atoms with Crippen LogP contribution in [0.1, 0.15) is 30.3 Å². The van der Waals surface area contributed by atoms with Crippen LogP contribution >= 0.6 is 11.8 Å². The van der Waals surface area contributed by atoms with Crippen LogP contribution in [0.2, 0.25) is 0 Å². The summed E-state index contributed by atoms with van der Waals surface area (Å²) in [5, 5.41) is 4.32. The quantitative estimate of drug-likeness (QED) is 0.751. The van der Waals surface area contributed by atoms with E-state index < -0.39 is 0 Å². The SMILES string of the molecule is COc1cnn(CCN(C)C)c1C(=O)C1(C)CCCS1. The third-order valence-electron chi connectivity index (χ3n) is 3.70. The molecule has 1 aliphatic heterocycles. The van der Waals surface area contributed by atoms with Gasteiger partial charge in [-0.15, -0.1) is 11.8 Å². The van der Waals surface area contributed by atoms with Crippen LogP contribution in [-0.4, -0.2) is 58.7 Å². The summed E-state index contributed by atoms with van der Waals surface area (Å²) in [5.74, 6) is 1.78. The first-order valence-corrected chi connectivity index (χ1v) is 7.90. The molecule has 0 bridgehead atoms. The van der Waals surface area contributed by atoms with Gasteiger partial charge in [-0.25, -0.2) is 0 Å². The van der Waals surface area contributed by atoms with Crippen LogP contribution < -0.4 is 4.74 Å². The third kappa shape index (κ3) is 3.01. The summed E-state index contributed by atoms with van der Waals surface area (Å²) >= 11 is 1.75. The molecular formula is C14H23N3O2S. The average Bonchev–Trinajstić information content (AvgIpc) is 3.02. The molecule has 1 aliphatic rings. The van der Waals surface area contributed by atoms with E-state index >= 15 is 0 Å². The minimum atomic E-state index is -0.330. The molecule has 0 spiro atoms. The van der Waals surface area contributed by atoms with Gasteiger partial charge in [0.2, 0.25) is 0 Å². The van der Waals surface area contributed by atoms with E-state index in [0.29, 0.717) is 18.0 Å². The Hall–Kier alpha value is -1.01.